The highest BCUT2D eigenvalue weighted by Crippen LogP contribution is 2.41. The van der Waals surface area contributed by atoms with Crippen LogP contribution >= 0.6 is 0 Å². The largest absolute Gasteiger partial charge is 0.456 e. The van der Waals surface area contributed by atoms with Crippen molar-refractivity contribution < 1.29 is 22.3 Å². The fourth-order valence-electron chi connectivity index (χ4n) is 3.84. The molecule has 0 spiro atoms. The number of nitrogens with two attached hydrogens (primary N) is 1. The van der Waals surface area contributed by atoms with Crippen LogP contribution in [0.3, 0.4) is 0 Å². The van der Waals surface area contributed by atoms with Gasteiger partial charge in [-0.25, -0.2) is 12.8 Å². The van der Waals surface area contributed by atoms with E-state index in [2.05, 4.69) is 20.3 Å². The van der Waals surface area contributed by atoms with Crippen LogP contribution in [0.2, 0.25) is 0 Å². The predicted molar refractivity (Wildman–Crippen MR) is 119 cm³/mol. The number of hydrogen-bond donors (Lipinski definition) is 2. The number of hydrogen-bond acceptors (Lipinski definition) is 9. The summed E-state index contributed by atoms with van der Waals surface area (Å²) in [6.07, 6.45) is 1.57. The molecule has 2 aromatic carbocycles. The Labute approximate surface area is 190 Å². The van der Waals surface area contributed by atoms with Crippen molar-refractivity contribution in [1.29, 1.82) is 0 Å². The van der Waals surface area contributed by atoms with Gasteiger partial charge in [-0.2, -0.15) is 15.0 Å². The van der Waals surface area contributed by atoms with Gasteiger partial charge in [-0.3, -0.25) is 4.79 Å². The first-order valence-electron chi connectivity index (χ1n) is 10.3. The molecule has 1 saturated carbocycles. The third-order valence-corrected chi connectivity index (χ3v) is 7.98. The van der Waals surface area contributed by atoms with E-state index in [9.17, 15) is 17.6 Å². The molecule has 172 valence electrons. The van der Waals surface area contributed by atoms with Crippen LogP contribution in [0.25, 0.3) is 0 Å². The number of nitrogens with one attached hydrogen (secondary N) is 1. The van der Waals surface area contributed by atoms with Gasteiger partial charge in [0.2, 0.25) is 11.9 Å². The summed E-state index contributed by atoms with van der Waals surface area (Å²) in [7, 11) is -3.96. The normalized spacial score (nSPS) is 15.2. The second kappa shape index (κ2) is 9.10. The van der Waals surface area contributed by atoms with Crippen LogP contribution in [0.5, 0.6) is 0 Å². The predicted octanol–water partition coefficient (Wildman–Crippen LogP) is 3.17. The van der Waals surface area contributed by atoms with Crippen LogP contribution < -0.4 is 11.1 Å². The van der Waals surface area contributed by atoms with Crippen molar-refractivity contribution in [1.82, 2.24) is 15.0 Å². The Morgan fingerprint density at radius 3 is 2.36 bits per heavy atom. The smallest absolute Gasteiger partial charge is 0.328 e. The fourth-order valence-corrected chi connectivity index (χ4v) is 5.91. The number of halogens is 1. The highest BCUT2D eigenvalue weighted by molar-refractivity contribution is 7.93. The van der Waals surface area contributed by atoms with E-state index in [1.54, 1.807) is 18.2 Å². The van der Waals surface area contributed by atoms with Crippen LogP contribution in [0.4, 0.5) is 22.0 Å². The monoisotopic (exact) mass is 471 g/mol. The molecular weight excluding hydrogens is 449 g/mol. The molecule has 1 heterocycles. The lowest BCUT2D eigenvalue weighted by Gasteiger charge is -2.26. The number of esters is 1. The highest BCUT2D eigenvalue weighted by atomic mass is 32.2. The Kier molecular flexibility index (Phi) is 6.23. The Morgan fingerprint density at radius 2 is 1.70 bits per heavy atom. The second-order valence-electron chi connectivity index (χ2n) is 7.66. The van der Waals surface area contributed by atoms with Crippen molar-refractivity contribution in [3.05, 3.63) is 66.2 Å². The minimum Gasteiger partial charge on any atom is -0.456 e. The van der Waals surface area contributed by atoms with Gasteiger partial charge >= 0.3 is 5.97 Å². The molecule has 0 amide bonds. The van der Waals surface area contributed by atoms with Crippen molar-refractivity contribution in [3.63, 3.8) is 0 Å². The lowest BCUT2D eigenvalue weighted by atomic mass is 10.1. The van der Waals surface area contributed by atoms with E-state index in [1.807, 2.05) is 0 Å². The molecule has 0 saturated heterocycles. The van der Waals surface area contributed by atoms with Gasteiger partial charge < -0.3 is 15.8 Å². The number of aromatic nitrogens is 3. The highest BCUT2D eigenvalue weighted by Gasteiger charge is 2.54. The van der Waals surface area contributed by atoms with E-state index in [4.69, 9.17) is 10.5 Å². The van der Waals surface area contributed by atoms with E-state index in [0.717, 1.165) is 0 Å². The molecule has 0 bridgehead atoms. The molecule has 0 aliphatic heterocycles. The molecule has 4 rings (SSSR count). The number of benzene rings is 2. The first-order chi connectivity index (χ1) is 15.8. The summed E-state index contributed by atoms with van der Waals surface area (Å²) in [4.78, 5) is 25.3. The van der Waals surface area contributed by atoms with Crippen LogP contribution in [0.15, 0.2) is 59.5 Å². The summed E-state index contributed by atoms with van der Waals surface area (Å²) in [6.45, 7) is -0.379. The first kappa shape index (κ1) is 22.6. The van der Waals surface area contributed by atoms with Gasteiger partial charge in [0.25, 0.3) is 0 Å². The second-order valence-corrected chi connectivity index (χ2v) is 9.92. The lowest BCUT2D eigenvalue weighted by molar-refractivity contribution is -0.148. The Bertz CT molecular complexity index is 1250. The number of nitrogen functional groups attached to an aromatic ring is 1. The maximum Gasteiger partial charge on any atom is 0.328 e. The quantitative estimate of drug-likeness (QED) is 0.498. The molecule has 9 nitrogen and oxygen atoms in total. The Balaban J connectivity index is 1.52. The lowest BCUT2D eigenvalue weighted by Crippen LogP contribution is -2.45. The van der Waals surface area contributed by atoms with Gasteiger partial charge in [0, 0.05) is 5.69 Å². The maximum atomic E-state index is 13.3. The number of carbonyl (C=O) groups excluding carboxylic acids is 1. The van der Waals surface area contributed by atoms with Gasteiger partial charge in [0.05, 0.1) is 4.90 Å². The van der Waals surface area contributed by atoms with E-state index in [-0.39, 0.29) is 42.1 Å². The average molecular weight is 472 g/mol. The number of anilines is 3. The number of sulfone groups is 1. The molecule has 1 aliphatic carbocycles. The zero-order valence-corrected chi connectivity index (χ0v) is 18.4. The molecule has 0 unspecified atom stereocenters. The summed E-state index contributed by atoms with van der Waals surface area (Å²) in [6, 6.07) is 13.4. The van der Waals surface area contributed by atoms with E-state index in [0.29, 0.717) is 18.5 Å². The summed E-state index contributed by atoms with van der Waals surface area (Å²) >= 11 is 0. The summed E-state index contributed by atoms with van der Waals surface area (Å²) in [5.74, 6) is -1.23. The van der Waals surface area contributed by atoms with Crippen LogP contribution in [-0.2, 0) is 26.0 Å². The first-order valence-corrected chi connectivity index (χ1v) is 11.8. The van der Waals surface area contributed by atoms with Gasteiger partial charge in [0.15, 0.2) is 27.0 Å². The SMILES string of the molecule is Nc1nc(COC(=O)C2(S(=O)(=O)c3ccccc3)CCCC2)nc(Nc2ccc(F)cc2)n1. The molecule has 1 fully saturated rings. The van der Waals surface area contributed by atoms with Crippen LogP contribution in [0, 0.1) is 5.82 Å². The van der Waals surface area contributed by atoms with Crippen LogP contribution in [-0.4, -0.2) is 34.1 Å². The minimum absolute atomic E-state index is 0.0470. The number of rotatable bonds is 7. The summed E-state index contributed by atoms with van der Waals surface area (Å²) < 4.78 is 43.5. The zero-order valence-electron chi connectivity index (χ0n) is 17.6. The third-order valence-electron chi connectivity index (χ3n) is 5.48. The summed E-state index contributed by atoms with van der Waals surface area (Å²) in [5.41, 5.74) is 6.26. The maximum absolute atomic E-state index is 13.3. The molecule has 3 N–H and O–H groups in total. The molecule has 11 heteroatoms. The van der Waals surface area contributed by atoms with Crippen molar-refractivity contribution in [2.24, 2.45) is 0 Å². The van der Waals surface area contributed by atoms with Gasteiger partial charge in [-0.1, -0.05) is 31.0 Å². The van der Waals surface area contributed by atoms with Crippen LogP contribution in [0.1, 0.15) is 31.5 Å². The van der Waals surface area contributed by atoms with Crippen molar-refractivity contribution in [2.75, 3.05) is 11.1 Å². The standard InChI is InChI=1S/C22H22FN5O4S/c23-15-8-10-16(11-9-15)25-21-27-18(26-20(24)28-21)14-32-19(29)22(12-4-5-13-22)33(30,31)17-6-2-1-3-7-17/h1-3,6-11H,4-5,12-14H2,(H3,24,25,26,27,28). The topological polar surface area (TPSA) is 137 Å². The average Bonchev–Trinajstić information content (AvgIpc) is 3.31. The van der Waals surface area contributed by atoms with E-state index in [1.165, 1.54) is 36.4 Å². The van der Waals surface area contributed by atoms with Crippen molar-refractivity contribution in [3.8, 4) is 0 Å². The number of carbonyl (C=O) groups is 1. The van der Waals surface area contributed by atoms with Gasteiger partial charge in [-0.05, 0) is 49.2 Å². The molecule has 1 aliphatic rings. The van der Waals surface area contributed by atoms with E-state index < -0.39 is 26.4 Å². The number of ether oxygens (including phenoxy) is 1. The molecule has 3 aromatic rings. The fraction of sp³-hybridized carbons (Fsp3) is 0.273. The molecule has 0 atom stereocenters. The third kappa shape index (κ3) is 4.63. The zero-order chi connectivity index (χ0) is 23.5. The Hall–Kier alpha value is -3.60. The van der Waals surface area contributed by atoms with Crippen molar-refractivity contribution in [2.45, 2.75) is 41.9 Å². The summed E-state index contributed by atoms with van der Waals surface area (Å²) in [5, 5.41) is 2.86. The molecular formula is C22H22FN5O4S. The number of nitrogens with zero attached hydrogens (tertiary/aromatic N) is 3. The Morgan fingerprint density at radius 1 is 1.03 bits per heavy atom. The molecule has 1 aromatic heterocycles. The van der Waals surface area contributed by atoms with Gasteiger partial charge in [-0.15, -0.1) is 0 Å². The van der Waals surface area contributed by atoms with E-state index >= 15 is 0 Å². The molecule has 33 heavy (non-hydrogen) atoms. The van der Waals surface area contributed by atoms with Crippen molar-refractivity contribution >= 4 is 33.4 Å². The molecule has 0 radical (unpaired) electrons. The minimum atomic E-state index is -3.96. The van der Waals surface area contributed by atoms with Gasteiger partial charge in [0.1, 0.15) is 5.82 Å².